The van der Waals surface area contributed by atoms with Crippen molar-refractivity contribution in [2.45, 2.75) is 199 Å². The fourth-order valence-corrected chi connectivity index (χ4v) is 9.72. The van der Waals surface area contributed by atoms with Gasteiger partial charge in [0.15, 0.2) is 25.1 Å². The number of carboxylic acid groups (broad SMARTS) is 1. The Kier molecular flexibility index (Phi) is 24.8. The number of ketones is 1. The molecule has 5 rings (SSSR count). The van der Waals surface area contributed by atoms with E-state index in [4.69, 9.17) is 47.5 Å². The van der Waals surface area contributed by atoms with E-state index >= 15 is 0 Å². The number of thiol groups is 1. The Morgan fingerprint density at radius 1 is 0.684 bits per heavy atom. The minimum absolute atomic E-state index is 0.0244. The lowest BCUT2D eigenvalue weighted by molar-refractivity contribution is -0.405. The Balaban J connectivity index is 1.52. The second-order valence-corrected chi connectivity index (χ2v) is 19.8. The molecular formula is C44H76N2O29S. The largest absolute Gasteiger partial charge is 0.477 e. The lowest BCUT2D eigenvalue weighted by atomic mass is 9.84. The third kappa shape index (κ3) is 14.9. The molecule has 31 nitrogen and oxygen atoms in total. The molecule has 0 spiro atoms. The summed E-state index contributed by atoms with van der Waals surface area (Å²) in [6.07, 6.45) is -44.5. The summed E-state index contributed by atoms with van der Waals surface area (Å²) in [6.45, 7) is -2.90. The van der Waals surface area contributed by atoms with Crippen LogP contribution in [0.3, 0.4) is 0 Å². The predicted octanol–water partition coefficient (Wildman–Crippen LogP) is -9.37. The monoisotopic (exact) mass is 1130 g/mol. The van der Waals surface area contributed by atoms with Crippen molar-refractivity contribution in [3.05, 3.63) is 0 Å². The molecule has 442 valence electrons. The zero-order chi connectivity index (χ0) is 56.5. The third-order valence-corrected chi connectivity index (χ3v) is 14.3. The lowest BCUT2D eigenvalue weighted by Crippen LogP contribution is -2.71. The molecule has 32 heteroatoms. The van der Waals surface area contributed by atoms with Crippen molar-refractivity contribution in [2.75, 3.05) is 52.4 Å². The van der Waals surface area contributed by atoms with E-state index in [9.17, 15) is 96.1 Å². The smallest absolute Gasteiger partial charge is 0.364 e. The normalized spacial score (nSPS) is 43.1. The number of aliphatic hydroxyl groups excluding tert-OH is 15. The standard InChI is InChI=1S/C44H76N2O29S/c1-16-19(54)10-44(43(64)65,74-34(16)26(56)20(55)11-47)75-38-33(63)42(71-35-23(14-50)67-39(31(61)30(35)60)46(3)66-8-4-6-18(53)7-5-9-76)70-24(15-51)36(38)72-40-25(45-17(2)52)37(28(58)22(13-49)68-40)73-41-32(62)29(59)27(57)21(12-48)69-41/h16,19-42,47-51,54-63,76H,4-15H2,1-3H3,(H,45,52)(H,64,65)/t16-,19?,20-,21?,22?,23?,24?,25?,26-,27+,28+,29+,30-,31?,32?,33?,34-,35-,36+,37-,38-,39-,40+,41+,42+,44+/m1/s1. The van der Waals surface area contributed by atoms with Crippen LogP contribution in [0.4, 0.5) is 0 Å². The van der Waals surface area contributed by atoms with Gasteiger partial charge < -0.3 is 130 Å². The van der Waals surface area contributed by atoms with Crippen LogP contribution in [0.2, 0.25) is 0 Å². The number of rotatable bonds is 26. The fraction of sp³-hybridized carbons (Fsp3) is 0.932. The Hall–Kier alpha value is -2.08. The number of hydroxylamine groups is 2. The number of amides is 1. The average molecular weight is 1130 g/mol. The fourth-order valence-electron chi connectivity index (χ4n) is 9.57. The summed E-state index contributed by atoms with van der Waals surface area (Å²) in [5.41, 5.74) is 0. The van der Waals surface area contributed by atoms with Crippen molar-refractivity contribution < 1.29 is 144 Å². The van der Waals surface area contributed by atoms with Crippen LogP contribution in [0.15, 0.2) is 0 Å². The van der Waals surface area contributed by atoms with E-state index in [2.05, 4.69) is 17.9 Å². The van der Waals surface area contributed by atoms with Crippen molar-refractivity contribution in [1.29, 1.82) is 0 Å². The van der Waals surface area contributed by atoms with Gasteiger partial charge in [-0.25, -0.2) is 4.79 Å². The molecule has 0 aromatic carbocycles. The van der Waals surface area contributed by atoms with Crippen LogP contribution in [0.25, 0.3) is 0 Å². The van der Waals surface area contributed by atoms with Crippen LogP contribution in [0.5, 0.6) is 0 Å². The van der Waals surface area contributed by atoms with Crippen LogP contribution < -0.4 is 5.32 Å². The topological polar surface area (TPSA) is 482 Å². The molecule has 0 bridgehead atoms. The highest BCUT2D eigenvalue weighted by Gasteiger charge is 2.61. The van der Waals surface area contributed by atoms with Gasteiger partial charge in [-0.3, -0.25) is 14.4 Å². The average Bonchev–Trinajstić information content (AvgIpc) is 3.39. The van der Waals surface area contributed by atoms with Gasteiger partial charge in [0.25, 0.3) is 5.79 Å². The molecule has 5 aliphatic heterocycles. The van der Waals surface area contributed by atoms with E-state index in [1.807, 2.05) is 0 Å². The molecule has 5 saturated heterocycles. The summed E-state index contributed by atoms with van der Waals surface area (Å²) in [7, 11) is 1.33. The van der Waals surface area contributed by atoms with E-state index in [1.54, 1.807) is 0 Å². The Morgan fingerprint density at radius 2 is 1.24 bits per heavy atom. The quantitative estimate of drug-likeness (QED) is 0.0217. The van der Waals surface area contributed by atoms with Gasteiger partial charge in [-0.05, 0) is 18.6 Å². The van der Waals surface area contributed by atoms with Crippen LogP contribution >= 0.6 is 12.6 Å². The van der Waals surface area contributed by atoms with Crippen LogP contribution in [0.1, 0.15) is 46.0 Å². The van der Waals surface area contributed by atoms with Crippen molar-refractivity contribution in [1.82, 2.24) is 10.4 Å². The predicted molar refractivity (Wildman–Crippen MR) is 247 cm³/mol. The molecule has 5 heterocycles. The maximum Gasteiger partial charge on any atom is 0.364 e. The van der Waals surface area contributed by atoms with E-state index in [0.717, 1.165) is 12.0 Å². The maximum atomic E-state index is 13.4. The number of nitrogens with one attached hydrogen (secondary N) is 1. The lowest BCUT2D eigenvalue weighted by Gasteiger charge is -2.52. The Morgan fingerprint density at radius 3 is 1.83 bits per heavy atom. The van der Waals surface area contributed by atoms with E-state index in [0.29, 0.717) is 18.6 Å². The van der Waals surface area contributed by atoms with Crippen molar-refractivity contribution in [3.63, 3.8) is 0 Å². The number of carbonyl (C=O) groups is 3. The summed E-state index contributed by atoms with van der Waals surface area (Å²) >= 11 is 4.09. The number of carbonyl (C=O) groups excluding carboxylic acids is 2. The second kappa shape index (κ2) is 29.1. The van der Waals surface area contributed by atoms with Gasteiger partial charge in [0, 0.05) is 39.2 Å². The number of likely N-dealkylation sites (N-methyl/N-ethyl adjacent to an activating group) is 1. The molecule has 0 aromatic heterocycles. The zero-order valence-corrected chi connectivity index (χ0v) is 42.7. The molecule has 9 unspecified atom stereocenters. The first-order chi connectivity index (χ1) is 35.9. The maximum absolute atomic E-state index is 13.4. The summed E-state index contributed by atoms with van der Waals surface area (Å²) in [4.78, 5) is 44.0. The molecule has 0 aliphatic carbocycles. The number of aliphatic carboxylic acids is 1. The molecule has 5 fully saturated rings. The van der Waals surface area contributed by atoms with E-state index < -0.39 is 210 Å². The van der Waals surface area contributed by atoms with Gasteiger partial charge in [0.2, 0.25) is 5.91 Å². The first kappa shape index (κ1) is 64.7. The van der Waals surface area contributed by atoms with E-state index in [-0.39, 0.29) is 25.2 Å². The van der Waals surface area contributed by atoms with Gasteiger partial charge in [-0.15, -0.1) is 0 Å². The molecule has 0 radical (unpaired) electrons. The first-order valence-corrected chi connectivity index (χ1v) is 25.3. The van der Waals surface area contributed by atoms with Crippen molar-refractivity contribution in [3.8, 4) is 0 Å². The third-order valence-electron chi connectivity index (χ3n) is 13.9. The molecule has 26 atom stereocenters. The number of hydrogen-bond acceptors (Lipinski definition) is 30. The van der Waals surface area contributed by atoms with Gasteiger partial charge in [-0.1, -0.05) is 6.92 Å². The summed E-state index contributed by atoms with van der Waals surface area (Å²) in [6, 6.07) is -1.84. The first-order valence-electron chi connectivity index (χ1n) is 24.7. The number of nitrogens with zero attached hydrogens (tertiary/aromatic N) is 1. The molecule has 17 N–H and O–H groups in total. The highest BCUT2D eigenvalue weighted by atomic mass is 32.1. The highest BCUT2D eigenvalue weighted by molar-refractivity contribution is 7.80. The number of Topliss-reactive ketones (excluding diaryl/α,β-unsaturated/α-hetero) is 1. The van der Waals surface area contributed by atoms with Crippen molar-refractivity contribution >= 4 is 30.3 Å². The summed E-state index contributed by atoms with van der Waals surface area (Å²) in [5, 5.41) is 177. The Labute approximate surface area is 440 Å². The molecular weight excluding hydrogens is 1050 g/mol. The SMILES string of the molecule is CC(=O)NC1[C@H](O[C@H]2C(CO)O[C@@H](O[C@@H]3C(CO)O[C@@H](N(C)OCCCC(=O)CCCS)C(O)[C@H]3O)C(O)[C@H]2O[C@]2(C(=O)O)CC(O)[C@@H](C)[C@H]([C@H](O)[C@H](O)CO)O2)OC(CO)[C@H](O)[C@@H]1O[C@@H]1OC(CO)[C@H](O)[C@H](O)C1O. The molecule has 1 amide bonds. The minimum Gasteiger partial charge on any atom is -0.477 e. The zero-order valence-electron chi connectivity index (χ0n) is 41.8. The molecule has 5 aliphatic rings. The second-order valence-electron chi connectivity index (χ2n) is 19.3. The Bertz CT molecular complexity index is 1820. The van der Waals surface area contributed by atoms with Gasteiger partial charge in [0.05, 0.1) is 51.8 Å². The molecule has 76 heavy (non-hydrogen) atoms. The van der Waals surface area contributed by atoms with Crippen molar-refractivity contribution in [2.24, 2.45) is 5.92 Å². The van der Waals surface area contributed by atoms with Crippen LogP contribution in [0, 0.1) is 5.92 Å². The highest BCUT2D eigenvalue weighted by Crippen LogP contribution is 2.42. The number of aliphatic hydroxyl groups is 15. The minimum atomic E-state index is -3.18. The number of hydrogen-bond donors (Lipinski definition) is 18. The van der Waals surface area contributed by atoms with E-state index in [1.165, 1.54) is 14.0 Å². The summed E-state index contributed by atoms with van der Waals surface area (Å²) in [5.74, 6) is -6.79. The van der Waals surface area contributed by atoms with Crippen LogP contribution in [-0.4, -0.2) is 310 Å². The molecule has 0 aromatic rings. The van der Waals surface area contributed by atoms with Gasteiger partial charge in [0.1, 0.15) is 116 Å². The molecule has 0 saturated carbocycles. The summed E-state index contributed by atoms with van der Waals surface area (Å²) < 4.78 is 53.3. The van der Waals surface area contributed by atoms with Crippen LogP contribution in [-0.2, 0) is 61.9 Å². The van der Waals surface area contributed by atoms with Gasteiger partial charge >= 0.3 is 5.97 Å². The number of carboxylic acids is 1. The van der Waals surface area contributed by atoms with Gasteiger partial charge in [-0.2, -0.15) is 17.7 Å². The number of ether oxygens (including phenoxy) is 9.